The molecule has 2 heterocycles. The number of aryl methyl sites for hydroxylation is 1. The first-order valence-corrected chi connectivity index (χ1v) is 10.4. The fourth-order valence-electron chi connectivity index (χ4n) is 4.18. The van der Waals surface area contributed by atoms with Gasteiger partial charge in [-0.3, -0.25) is 4.79 Å². The molecule has 0 radical (unpaired) electrons. The van der Waals surface area contributed by atoms with Gasteiger partial charge in [-0.2, -0.15) is 0 Å². The molecule has 2 aromatic rings. The Balaban J connectivity index is 2.13. The van der Waals surface area contributed by atoms with E-state index in [2.05, 4.69) is 0 Å². The molecule has 0 aliphatic carbocycles. The number of hydrogen-bond acceptors (Lipinski definition) is 9. The van der Waals surface area contributed by atoms with Crippen LogP contribution in [-0.2, 0) is 11.2 Å². The third kappa shape index (κ3) is 4.62. The van der Waals surface area contributed by atoms with Crippen LogP contribution in [0.1, 0.15) is 42.8 Å². The van der Waals surface area contributed by atoms with E-state index in [0.29, 0.717) is 24.2 Å². The number of aliphatic hydroxyl groups excluding tert-OH is 5. The summed E-state index contributed by atoms with van der Waals surface area (Å²) in [6.07, 6.45) is -5.56. The van der Waals surface area contributed by atoms with Crippen LogP contribution in [0.25, 0.3) is 11.0 Å². The predicted molar refractivity (Wildman–Crippen MR) is 111 cm³/mol. The minimum atomic E-state index is -1.64. The number of fused-ring (bicyclic) bond motifs is 1. The molecule has 1 aliphatic rings. The summed E-state index contributed by atoms with van der Waals surface area (Å²) in [4.78, 5) is 12.9. The second-order valence-electron chi connectivity index (χ2n) is 8.33. The van der Waals surface area contributed by atoms with Gasteiger partial charge in [0.25, 0.3) is 0 Å². The Bertz CT molecular complexity index is 968. The van der Waals surface area contributed by atoms with Crippen LogP contribution in [0.15, 0.2) is 21.3 Å². The van der Waals surface area contributed by atoms with Crippen molar-refractivity contribution in [3.63, 3.8) is 0 Å². The largest absolute Gasteiger partial charge is 0.507 e. The Kier molecular flexibility index (Phi) is 7.35. The number of phenolic OH excluding ortho intramolecular Hbond substituents is 1. The molecule has 1 aromatic carbocycles. The van der Waals surface area contributed by atoms with E-state index in [0.717, 1.165) is 6.42 Å². The number of phenols is 1. The first-order valence-electron chi connectivity index (χ1n) is 10.4. The molecule has 1 aromatic heterocycles. The molecular formula is C22H30O9. The molecule has 9 heteroatoms. The monoisotopic (exact) mass is 438 g/mol. The zero-order chi connectivity index (χ0) is 22.9. The normalized spacial score (nSPS) is 27.5. The number of aliphatic hydroxyl groups is 5. The summed E-state index contributed by atoms with van der Waals surface area (Å²) in [5.74, 6) is 0.198. The highest BCUT2D eigenvalue weighted by atomic mass is 16.5. The molecule has 31 heavy (non-hydrogen) atoms. The number of hydrogen-bond donors (Lipinski definition) is 6. The van der Waals surface area contributed by atoms with Gasteiger partial charge in [0.2, 0.25) is 0 Å². The van der Waals surface area contributed by atoms with E-state index >= 15 is 0 Å². The van der Waals surface area contributed by atoms with Gasteiger partial charge in [-0.1, -0.05) is 6.92 Å². The van der Waals surface area contributed by atoms with E-state index < -0.39 is 37.1 Å². The molecule has 0 saturated carbocycles. The lowest BCUT2D eigenvalue weighted by Crippen LogP contribution is -2.55. The fourth-order valence-corrected chi connectivity index (χ4v) is 4.18. The summed E-state index contributed by atoms with van der Waals surface area (Å²) in [7, 11) is 0. The van der Waals surface area contributed by atoms with E-state index in [1.54, 1.807) is 6.92 Å². The molecular weight excluding hydrogens is 408 g/mol. The maximum atomic E-state index is 12.9. The molecule has 0 bridgehead atoms. The van der Waals surface area contributed by atoms with Crippen LogP contribution in [0.2, 0.25) is 0 Å². The van der Waals surface area contributed by atoms with Crippen molar-refractivity contribution in [2.24, 2.45) is 5.92 Å². The molecule has 0 spiro atoms. The summed E-state index contributed by atoms with van der Waals surface area (Å²) >= 11 is 0. The van der Waals surface area contributed by atoms with Gasteiger partial charge in [0.05, 0.1) is 17.6 Å². The quantitative estimate of drug-likeness (QED) is 0.356. The van der Waals surface area contributed by atoms with Crippen molar-refractivity contribution in [3.05, 3.63) is 39.2 Å². The van der Waals surface area contributed by atoms with E-state index in [-0.39, 0.29) is 40.2 Å². The highest BCUT2D eigenvalue weighted by Gasteiger charge is 2.45. The van der Waals surface area contributed by atoms with E-state index in [1.807, 2.05) is 6.92 Å². The fraction of sp³-hybridized carbons (Fsp3) is 0.591. The topological polar surface area (TPSA) is 161 Å². The first-order chi connectivity index (χ1) is 14.7. The van der Waals surface area contributed by atoms with Crippen molar-refractivity contribution in [1.82, 2.24) is 0 Å². The van der Waals surface area contributed by atoms with Crippen molar-refractivity contribution in [3.8, 4) is 5.75 Å². The highest BCUT2D eigenvalue weighted by molar-refractivity contribution is 5.86. The Morgan fingerprint density at radius 2 is 1.81 bits per heavy atom. The zero-order valence-corrected chi connectivity index (χ0v) is 17.6. The van der Waals surface area contributed by atoms with Crippen molar-refractivity contribution in [1.29, 1.82) is 0 Å². The van der Waals surface area contributed by atoms with Crippen LogP contribution in [-0.4, -0.2) is 68.3 Å². The average molecular weight is 438 g/mol. The summed E-state index contributed by atoms with van der Waals surface area (Å²) in [6, 6.07) is 2.73. The lowest BCUT2D eigenvalue weighted by molar-refractivity contribution is -0.231. The van der Waals surface area contributed by atoms with Crippen LogP contribution in [0, 0.1) is 12.8 Å². The third-order valence-corrected chi connectivity index (χ3v) is 5.85. The van der Waals surface area contributed by atoms with Crippen LogP contribution in [0.5, 0.6) is 5.75 Å². The molecule has 0 amide bonds. The molecule has 9 nitrogen and oxygen atoms in total. The van der Waals surface area contributed by atoms with Crippen LogP contribution >= 0.6 is 0 Å². The second-order valence-corrected chi connectivity index (χ2v) is 8.33. The minimum Gasteiger partial charge on any atom is -0.507 e. The first kappa shape index (κ1) is 23.6. The summed E-state index contributed by atoms with van der Waals surface area (Å²) in [5.41, 5.74) is 0.140. The van der Waals surface area contributed by atoms with Gasteiger partial charge in [-0.25, -0.2) is 0 Å². The minimum absolute atomic E-state index is 0.0266. The average Bonchev–Trinajstić information content (AvgIpc) is 2.71. The standard InChI is InChI=1S/C22H30O9/c1-10(4-3-5-23)6-12-8-14(26)16-11(2)7-13(25)17(21(16)30-12)22-20(29)19(28)18(27)15(9-24)31-22/h7-8,10,15,18-20,22-25,27-29H,3-6,9H2,1-2H3. The van der Waals surface area contributed by atoms with Crippen LogP contribution in [0.4, 0.5) is 0 Å². The van der Waals surface area contributed by atoms with Crippen molar-refractivity contribution in [2.75, 3.05) is 13.2 Å². The molecule has 6 N–H and O–H groups in total. The zero-order valence-electron chi connectivity index (χ0n) is 17.6. The molecule has 172 valence electrons. The van der Waals surface area contributed by atoms with Gasteiger partial charge in [-0.15, -0.1) is 0 Å². The van der Waals surface area contributed by atoms with Crippen molar-refractivity contribution >= 4 is 11.0 Å². The van der Waals surface area contributed by atoms with Crippen molar-refractivity contribution < 1.29 is 39.8 Å². The Labute approximate surface area is 179 Å². The maximum Gasteiger partial charge on any atom is 0.193 e. The maximum absolute atomic E-state index is 12.9. The smallest absolute Gasteiger partial charge is 0.193 e. The van der Waals surface area contributed by atoms with Gasteiger partial charge in [-0.05, 0) is 37.3 Å². The van der Waals surface area contributed by atoms with Gasteiger partial charge in [0.1, 0.15) is 47.6 Å². The number of ether oxygens (including phenoxy) is 1. The molecule has 1 aliphatic heterocycles. The van der Waals surface area contributed by atoms with Gasteiger partial charge in [0, 0.05) is 19.1 Å². The lowest BCUT2D eigenvalue weighted by atomic mass is 9.89. The Hall–Kier alpha value is -2.01. The van der Waals surface area contributed by atoms with E-state index in [9.17, 15) is 30.3 Å². The van der Waals surface area contributed by atoms with Gasteiger partial charge in [0.15, 0.2) is 5.43 Å². The van der Waals surface area contributed by atoms with Gasteiger partial charge >= 0.3 is 0 Å². The number of aromatic hydroxyl groups is 1. The molecule has 6 unspecified atom stereocenters. The Morgan fingerprint density at radius 1 is 1.10 bits per heavy atom. The Morgan fingerprint density at radius 3 is 2.45 bits per heavy atom. The van der Waals surface area contributed by atoms with Crippen LogP contribution in [0.3, 0.4) is 0 Å². The highest BCUT2D eigenvalue weighted by Crippen LogP contribution is 2.41. The van der Waals surface area contributed by atoms with Crippen molar-refractivity contribution in [2.45, 2.75) is 63.6 Å². The molecule has 1 saturated heterocycles. The van der Waals surface area contributed by atoms with Gasteiger partial charge < -0.3 is 39.8 Å². The van der Waals surface area contributed by atoms with Crippen LogP contribution < -0.4 is 5.43 Å². The number of rotatable bonds is 7. The summed E-state index contributed by atoms with van der Waals surface area (Å²) in [6.45, 7) is 3.05. The molecule has 6 atom stereocenters. The summed E-state index contributed by atoms with van der Waals surface area (Å²) < 4.78 is 11.6. The number of benzene rings is 1. The summed E-state index contributed by atoms with van der Waals surface area (Å²) in [5, 5.41) is 60.1. The second kappa shape index (κ2) is 9.64. The van der Waals surface area contributed by atoms with E-state index in [1.165, 1.54) is 12.1 Å². The third-order valence-electron chi connectivity index (χ3n) is 5.85. The molecule has 3 rings (SSSR count). The SMILES string of the molecule is Cc1cc(O)c(C2OC(CO)C(O)C(O)C2O)c2oc(CC(C)CCCO)cc(=O)c12. The predicted octanol–water partition coefficient (Wildman–Crippen LogP) is 0.273. The molecule has 1 fully saturated rings. The lowest BCUT2D eigenvalue weighted by Gasteiger charge is -2.40. The van der Waals surface area contributed by atoms with E-state index in [4.69, 9.17) is 14.3 Å².